The average molecular weight is 436 g/mol. The first-order chi connectivity index (χ1) is 14.0. The topological polar surface area (TPSA) is 123 Å². The van der Waals surface area contributed by atoms with E-state index < -0.39 is 28.0 Å². The van der Waals surface area contributed by atoms with Crippen molar-refractivity contribution < 1.29 is 27.5 Å². The van der Waals surface area contributed by atoms with Gasteiger partial charge in [0.2, 0.25) is 0 Å². The Morgan fingerprint density at radius 3 is 2.13 bits per heavy atom. The van der Waals surface area contributed by atoms with E-state index in [1.54, 1.807) is 74.0 Å². The van der Waals surface area contributed by atoms with Crippen molar-refractivity contribution in [3.8, 4) is 0 Å². The summed E-state index contributed by atoms with van der Waals surface area (Å²) in [6.07, 6.45) is -1.67. The summed E-state index contributed by atoms with van der Waals surface area (Å²) in [7, 11) is -4.10. The molecule has 0 radical (unpaired) electrons. The molecule has 9 nitrogen and oxygen atoms in total. The molecule has 30 heavy (non-hydrogen) atoms. The zero-order valence-electron chi connectivity index (χ0n) is 17.0. The van der Waals surface area contributed by atoms with Crippen LogP contribution >= 0.6 is 0 Å². The number of nitrogens with one attached hydrogen (secondary N) is 3. The van der Waals surface area contributed by atoms with Crippen LogP contribution in [0.5, 0.6) is 0 Å². The molecule has 2 aromatic rings. The normalized spacial score (nSPS) is 11.4. The number of carbonyl (C=O) groups excluding carboxylic acids is 2. The number of carbonyl (C=O) groups is 2. The Bertz CT molecular complexity index is 954. The summed E-state index contributed by atoms with van der Waals surface area (Å²) in [6.45, 7) is 5.16. The van der Waals surface area contributed by atoms with Gasteiger partial charge in [0.15, 0.2) is 0 Å². The van der Waals surface area contributed by atoms with Crippen LogP contribution in [0.25, 0.3) is 0 Å². The molecule has 0 aliphatic rings. The number of anilines is 1. The van der Waals surface area contributed by atoms with Crippen LogP contribution in [-0.4, -0.2) is 26.2 Å². The molecule has 0 atom stereocenters. The van der Waals surface area contributed by atoms with Gasteiger partial charge in [-0.2, -0.15) is 13.1 Å². The number of amides is 2. The highest BCUT2D eigenvalue weighted by atomic mass is 32.2. The van der Waals surface area contributed by atoms with Crippen molar-refractivity contribution in [2.24, 2.45) is 0 Å². The van der Waals surface area contributed by atoms with Crippen LogP contribution in [0.4, 0.5) is 15.3 Å². The Kier molecular flexibility index (Phi) is 7.79. The SMILES string of the molecule is CC(C)(C)OC(=O)Nc1ccc(CNS(=O)(=O)NC(=O)OCc2ccccc2)cc1. The van der Waals surface area contributed by atoms with E-state index in [1.807, 2.05) is 6.07 Å². The lowest BCUT2D eigenvalue weighted by atomic mass is 10.2. The third-order valence-electron chi connectivity index (χ3n) is 3.50. The molecule has 162 valence electrons. The maximum absolute atomic E-state index is 12.0. The largest absolute Gasteiger partial charge is 0.444 e. The van der Waals surface area contributed by atoms with Crippen molar-refractivity contribution in [3.63, 3.8) is 0 Å². The van der Waals surface area contributed by atoms with Gasteiger partial charge in [-0.05, 0) is 44.0 Å². The minimum atomic E-state index is -4.10. The summed E-state index contributed by atoms with van der Waals surface area (Å²) >= 11 is 0. The number of rotatable bonds is 7. The van der Waals surface area contributed by atoms with Crippen LogP contribution in [0.3, 0.4) is 0 Å². The summed E-state index contributed by atoms with van der Waals surface area (Å²) in [5.74, 6) is 0. The average Bonchev–Trinajstić information content (AvgIpc) is 2.65. The van der Waals surface area contributed by atoms with E-state index in [0.717, 1.165) is 5.56 Å². The number of hydrogen-bond acceptors (Lipinski definition) is 6. The Hall–Kier alpha value is -3.11. The van der Waals surface area contributed by atoms with Crippen LogP contribution in [0.15, 0.2) is 54.6 Å². The molecule has 3 N–H and O–H groups in total. The molecule has 0 saturated heterocycles. The minimum absolute atomic E-state index is 0.0473. The second kappa shape index (κ2) is 10.1. The van der Waals surface area contributed by atoms with Gasteiger partial charge in [-0.1, -0.05) is 42.5 Å². The molecule has 0 aromatic heterocycles. The van der Waals surface area contributed by atoms with Crippen LogP contribution in [-0.2, 0) is 32.8 Å². The molecule has 0 unspecified atom stereocenters. The third kappa shape index (κ3) is 8.93. The Morgan fingerprint density at radius 1 is 0.900 bits per heavy atom. The molecule has 0 bridgehead atoms. The fourth-order valence-electron chi connectivity index (χ4n) is 2.20. The summed E-state index contributed by atoms with van der Waals surface area (Å²) in [4.78, 5) is 23.4. The van der Waals surface area contributed by atoms with E-state index in [2.05, 4.69) is 10.0 Å². The van der Waals surface area contributed by atoms with Crippen molar-refractivity contribution in [3.05, 3.63) is 65.7 Å². The van der Waals surface area contributed by atoms with Crippen LogP contribution < -0.4 is 14.8 Å². The van der Waals surface area contributed by atoms with Gasteiger partial charge in [-0.15, -0.1) is 0 Å². The van der Waals surface area contributed by atoms with Gasteiger partial charge in [0.1, 0.15) is 12.2 Å². The molecule has 0 aliphatic carbocycles. The predicted molar refractivity (Wildman–Crippen MR) is 112 cm³/mol. The van der Waals surface area contributed by atoms with Crippen molar-refractivity contribution in [1.29, 1.82) is 0 Å². The Balaban J connectivity index is 1.79. The second-order valence-corrected chi connectivity index (χ2v) is 8.81. The van der Waals surface area contributed by atoms with Gasteiger partial charge in [-0.25, -0.2) is 14.3 Å². The molecule has 10 heteroatoms. The Labute approximate surface area is 176 Å². The maximum atomic E-state index is 12.0. The third-order valence-corrected chi connectivity index (χ3v) is 4.46. The molecule has 0 fully saturated rings. The van der Waals surface area contributed by atoms with Gasteiger partial charge in [0, 0.05) is 12.2 Å². The van der Waals surface area contributed by atoms with Crippen molar-refractivity contribution in [2.75, 3.05) is 5.32 Å². The standard InChI is InChI=1S/C20H25N3O6S/c1-20(2,3)29-18(24)22-17-11-9-15(10-12-17)13-21-30(26,27)23-19(25)28-14-16-7-5-4-6-8-16/h4-12,21H,13-14H2,1-3H3,(H,22,24)(H,23,25). The smallest absolute Gasteiger partial charge is 0.422 e. The van der Waals surface area contributed by atoms with E-state index in [9.17, 15) is 18.0 Å². The molecular weight excluding hydrogens is 410 g/mol. The predicted octanol–water partition coefficient (Wildman–Crippen LogP) is 3.29. The van der Waals surface area contributed by atoms with E-state index in [-0.39, 0.29) is 13.2 Å². The lowest BCUT2D eigenvalue weighted by Gasteiger charge is -2.19. The first-order valence-corrected chi connectivity index (χ1v) is 10.6. The molecule has 2 aromatic carbocycles. The quantitative estimate of drug-likeness (QED) is 0.613. The van der Waals surface area contributed by atoms with Crippen LogP contribution in [0, 0.1) is 0 Å². The van der Waals surface area contributed by atoms with E-state index in [4.69, 9.17) is 9.47 Å². The first kappa shape index (κ1) is 23.2. The van der Waals surface area contributed by atoms with Gasteiger partial charge >= 0.3 is 22.4 Å². The molecular formula is C20H25N3O6S. The molecule has 0 heterocycles. The molecule has 0 saturated carbocycles. The van der Waals surface area contributed by atoms with E-state index >= 15 is 0 Å². The summed E-state index contributed by atoms with van der Waals surface area (Å²) in [6, 6.07) is 15.4. The highest BCUT2D eigenvalue weighted by Crippen LogP contribution is 2.13. The van der Waals surface area contributed by atoms with Crippen LogP contribution in [0.2, 0.25) is 0 Å². The zero-order valence-corrected chi connectivity index (χ0v) is 17.8. The van der Waals surface area contributed by atoms with E-state index in [1.165, 1.54) is 0 Å². The van der Waals surface area contributed by atoms with Gasteiger partial charge in [0.05, 0.1) is 0 Å². The Morgan fingerprint density at radius 2 is 1.53 bits per heavy atom. The van der Waals surface area contributed by atoms with Gasteiger partial charge in [0.25, 0.3) is 0 Å². The van der Waals surface area contributed by atoms with Gasteiger partial charge < -0.3 is 9.47 Å². The number of hydrogen-bond donors (Lipinski definition) is 3. The zero-order chi connectivity index (χ0) is 22.2. The summed E-state index contributed by atoms with van der Waals surface area (Å²) in [5, 5.41) is 2.58. The molecule has 2 rings (SSSR count). The second-order valence-electron chi connectivity index (χ2n) is 7.31. The monoisotopic (exact) mass is 435 g/mol. The highest BCUT2D eigenvalue weighted by molar-refractivity contribution is 7.88. The number of benzene rings is 2. The molecule has 0 spiro atoms. The van der Waals surface area contributed by atoms with Crippen molar-refractivity contribution in [1.82, 2.24) is 9.44 Å². The van der Waals surface area contributed by atoms with Crippen molar-refractivity contribution in [2.45, 2.75) is 39.5 Å². The fourth-order valence-corrected chi connectivity index (χ4v) is 2.91. The minimum Gasteiger partial charge on any atom is -0.444 e. The fraction of sp³-hybridized carbons (Fsp3) is 0.300. The van der Waals surface area contributed by atoms with Crippen LogP contribution in [0.1, 0.15) is 31.9 Å². The molecule has 2 amide bonds. The molecule has 0 aliphatic heterocycles. The summed E-state index contributed by atoms with van der Waals surface area (Å²) in [5.41, 5.74) is 1.24. The highest BCUT2D eigenvalue weighted by Gasteiger charge is 2.17. The van der Waals surface area contributed by atoms with Crippen molar-refractivity contribution >= 4 is 28.1 Å². The maximum Gasteiger partial charge on any atom is 0.422 e. The van der Waals surface area contributed by atoms with E-state index in [0.29, 0.717) is 11.3 Å². The van der Waals surface area contributed by atoms with Gasteiger partial charge in [-0.3, -0.25) is 5.32 Å². The lowest BCUT2D eigenvalue weighted by molar-refractivity contribution is 0.0636. The lowest BCUT2D eigenvalue weighted by Crippen LogP contribution is -2.40. The number of ether oxygens (including phenoxy) is 2. The summed E-state index contributed by atoms with van der Waals surface area (Å²) < 4.78 is 38.0. The first-order valence-electron chi connectivity index (χ1n) is 9.09.